The van der Waals surface area contributed by atoms with E-state index in [-0.39, 0.29) is 67.9 Å². The highest BCUT2D eigenvalue weighted by Gasteiger charge is 2.20. The maximum absolute atomic E-state index is 10.7. The molecule has 0 aliphatic carbocycles. The molecule has 8 atom stereocenters. The van der Waals surface area contributed by atoms with Crippen molar-refractivity contribution in [3.8, 4) is 40.2 Å². The quantitative estimate of drug-likeness (QED) is 0.0157. The summed E-state index contributed by atoms with van der Waals surface area (Å²) in [6.45, 7) is 9.00. The normalized spacial score (nSPS) is 13.1. The first kappa shape index (κ1) is 114. The Balaban J connectivity index is 0.000000258. The average Bonchev–Trinajstić information content (AvgIpc) is 0.894. The van der Waals surface area contributed by atoms with Gasteiger partial charge in [0.05, 0.1) is 95.6 Å². The number of aryl methyl sites for hydroxylation is 4. The molecule has 0 aliphatic rings. The average molecular weight is 1920 g/mol. The second-order valence-corrected chi connectivity index (χ2v) is 35.9. The Morgan fingerprint density at radius 3 is 1.08 bits per heavy atom. The van der Waals surface area contributed by atoms with Crippen LogP contribution in [0.5, 0.6) is 40.2 Å². The molecule has 10 aromatic rings. The summed E-state index contributed by atoms with van der Waals surface area (Å²) >= 11 is 0. The van der Waals surface area contributed by atoms with E-state index in [2.05, 4.69) is 123 Å². The lowest BCUT2D eigenvalue weighted by molar-refractivity contribution is -0.0231. The van der Waals surface area contributed by atoms with Gasteiger partial charge in [-0.3, -0.25) is 0 Å². The Bertz CT molecular complexity index is 4880. The van der Waals surface area contributed by atoms with Crippen LogP contribution in [0, 0.1) is 5.92 Å². The first-order valence-corrected chi connectivity index (χ1v) is 50.0. The molecular weight excluding hydrogens is 1760 g/mol. The number of ether oxygens (including phenoxy) is 4. The fraction of sp³-hybridized carbons (Fsp3) is 0.469. The lowest BCUT2D eigenvalue weighted by atomic mass is 9.96. The van der Waals surface area contributed by atoms with Crippen LogP contribution in [-0.4, -0.2) is 205 Å². The zero-order chi connectivity index (χ0) is 99.1. The van der Waals surface area contributed by atoms with Crippen molar-refractivity contribution < 1.29 is 101 Å². The lowest BCUT2D eigenvalue weighted by Gasteiger charge is -2.20. The molecule has 0 spiro atoms. The second-order valence-electron chi connectivity index (χ2n) is 35.9. The van der Waals surface area contributed by atoms with E-state index in [0.29, 0.717) is 135 Å². The molecule has 760 valence electrons. The Labute approximate surface area is 823 Å². The number of benzene rings is 10. The maximum Gasteiger partial charge on any atom is 0.161 e. The Morgan fingerprint density at radius 2 is 0.612 bits per heavy atom. The van der Waals surface area contributed by atoms with Gasteiger partial charge in [0.25, 0.3) is 0 Å². The van der Waals surface area contributed by atoms with Crippen LogP contribution in [0.2, 0.25) is 0 Å². The summed E-state index contributed by atoms with van der Waals surface area (Å²) in [5.41, 5.74) is 11.6. The minimum Gasteiger partial charge on any atom is -0.508 e. The molecule has 0 radical (unpaired) electrons. The van der Waals surface area contributed by atoms with Crippen molar-refractivity contribution in [2.75, 3.05) is 112 Å². The molecule has 8 unspecified atom stereocenters. The lowest BCUT2D eigenvalue weighted by Crippen LogP contribution is -2.30. The van der Waals surface area contributed by atoms with Crippen molar-refractivity contribution in [2.24, 2.45) is 5.92 Å². The number of nitrogens with one attached hydrogen (secondary N) is 6. The largest absolute Gasteiger partial charge is 0.508 e. The van der Waals surface area contributed by atoms with Gasteiger partial charge < -0.3 is 133 Å². The SMILES string of the molecule is OC(CNCCCc1ccc(OCCCc2ccccc2)c(OCCCc2ccccc2)c1)c1ccccc1.OCc1cc(C(O)CNCCCCCCOCC(CCCc2ccccc2)OCCCCCCNCC(O)c2ccc(O)c(CO)c2)ccc1O.OCc1cc(CC(O)CNCCCCC(CCCNCC(O)c2ccc(O)c(CO)c2)CNCC(O)c2ccc(O)c(CO)c2)ccc1O. The Morgan fingerprint density at radius 1 is 0.252 bits per heavy atom. The molecule has 139 heavy (non-hydrogen) atoms. The Hall–Kier alpha value is -9.96. The second kappa shape index (κ2) is 69.0. The van der Waals surface area contributed by atoms with E-state index in [9.17, 15) is 81.7 Å². The van der Waals surface area contributed by atoms with Crippen LogP contribution in [0.4, 0.5) is 0 Å². The van der Waals surface area contributed by atoms with Crippen LogP contribution in [0.3, 0.4) is 0 Å². The van der Waals surface area contributed by atoms with Gasteiger partial charge in [-0.2, -0.15) is 0 Å². The summed E-state index contributed by atoms with van der Waals surface area (Å²) in [6.07, 6.45) is 18.3. The minimum atomic E-state index is -0.798. The highest BCUT2D eigenvalue weighted by atomic mass is 16.5. The molecule has 10 aromatic carbocycles. The highest BCUT2D eigenvalue weighted by Crippen LogP contribution is 2.32. The van der Waals surface area contributed by atoms with Gasteiger partial charge in [-0.25, -0.2) is 0 Å². The molecule has 26 nitrogen and oxygen atoms in total. The molecule has 10 rings (SSSR count). The van der Waals surface area contributed by atoms with Crippen LogP contribution < -0.4 is 41.4 Å². The van der Waals surface area contributed by atoms with Crippen molar-refractivity contribution in [2.45, 2.75) is 223 Å². The highest BCUT2D eigenvalue weighted by molar-refractivity contribution is 5.44. The third-order valence-corrected chi connectivity index (χ3v) is 24.7. The van der Waals surface area contributed by atoms with E-state index >= 15 is 0 Å². The number of aliphatic hydroxyl groups excluding tert-OH is 11. The Kier molecular flexibility index (Phi) is 56.8. The topological polar surface area (TPSA) is 433 Å². The maximum atomic E-state index is 10.7. The predicted octanol–water partition coefficient (Wildman–Crippen LogP) is 14.5. The molecule has 26 heteroatoms. The van der Waals surface area contributed by atoms with E-state index in [4.69, 9.17) is 18.9 Å². The van der Waals surface area contributed by atoms with Crippen LogP contribution in [0.25, 0.3) is 0 Å². The zero-order valence-corrected chi connectivity index (χ0v) is 81.2. The van der Waals surface area contributed by atoms with Crippen molar-refractivity contribution in [1.29, 1.82) is 0 Å². The van der Waals surface area contributed by atoms with E-state index in [1.165, 1.54) is 52.6 Å². The first-order valence-electron chi connectivity index (χ1n) is 50.0. The summed E-state index contributed by atoms with van der Waals surface area (Å²) in [4.78, 5) is 0. The molecule has 0 saturated carbocycles. The summed E-state index contributed by atoms with van der Waals surface area (Å²) in [7, 11) is 0. The van der Waals surface area contributed by atoms with Crippen LogP contribution in [-0.2, 0) is 74.6 Å². The van der Waals surface area contributed by atoms with Gasteiger partial charge in [-0.15, -0.1) is 0 Å². The predicted molar refractivity (Wildman–Crippen MR) is 547 cm³/mol. The van der Waals surface area contributed by atoms with Gasteiger partial charge in [-0.1, -0.05) is 190 Å². The molecule has 0 amide bonds. The van der Waals surface area contributed by atoms with Crippen molar-refractivity contribution in [3.05, 3.63) is 314 Å². The number of phenols is 5. The third kappa shape index (κ3) is 46.1. The van der Waals surface area contributed by atoms with Gasteiger partial charge in [-0.05, 0) is 289 Å². The fourth-order valence-corrected chi connectivity index (χ4v) is 16.4. The van der Waals surface area contributed by atoms with Crippen molar-refractivity contribution in [3.63, 3.8) is 0 Å². The number of unbranched alkanes of at least 4 members (excludes halogenated alkanes) is 7. The monoisotopic (exact) mass is 1920 g/mol. The summed E-state index contributed by atoms with van der Waals surface area (Å²) in [6, 6.07) is 71.7. The molecule has 0 aromatic heterocycles. The zero-order valence-electron chi connectivity index (χ0n) is 81.2. The van der Waals surface area contributed by atoms with E-state index in [0.717, 1.165) is 203 Å². The molecule has 22 N–H and O–H groups in total. The van der Waals surface area contributed by atoms with Crippen molar-refractivity contribution in [1.82, 2.24) is 31.9 Å². The van der Waals surface area contributed by atoms with E-state index in [1.54, 1.807) is 60.7 Å². The minimum absolute atomic E-state index is 0.00602. The molecule has 0 bridgehead atoms. The number of aromatic hydroxyl groups is 5. The molecular formula is C113H158N6O20. The number of hydrogen-bond donors (Lipinski definition) is 22. The van der Waals surface area contributed by atoms with E-state index in [1.807, 2.05) is 48.5 Å². The smallest absolute Gasteiger partial charge is 0.161 e. The van der Waals surface area contributed by atoms with Gasteiger partial charge in [0.2, 0.25) is 0 Å². The van der Waals surface area contributed by atoms with Gasteiger partial charge in [0, 0.05) is 80.3 Å². The molecule has 0 aliphatic heterocycles. The van der Waals surface area contributed by atoms with Gasteiger partial charge >= 0.3 is 0 Å². The fourth-order valence-electron chi connectivity index (χ4n) is 16.4. The number of hydrogen-bond acceptors (Lipinski definition) is 26. The number of aliphatic hydroxyl groups is 11. The standard InChI is InChI=1S/C41H62N2O8.C37H55N3O9.C35H41NO3/c44-29-35-25-33(17-19-38(35)46)40(48)27-42-21-8-1-3-10-23-50-31-37(16-12-15-32-13-6-5-7-14-32)51-24-11-4-2-9-22-43-28-41(49)34-18-20-39(47)36(26-34)30-45;41-22-29-14-26(6-9-33(29)45)15-32(44)19-38-12-2-1-4-25(18-40-21-37(49)28-8-11-35(47)31(17-28)24-43)5-3-13-39-20-36(48)27-7-10-34(46)30(16-27)23-42;37-33(32-20-8-3-9-21-32)28-36-24-10-17-31-22-23-34(38-25-11-18-29-13-4-1-5-14-29)35(27-31)39-26-12-19-30-15-6-2-7-16-30/h5-7,13-14,17-20,25-26,37,40-49H,1-4,8-12,15-16,21-24,27-31H2;6-11,14,16-17,25,32,36-49H,1-5,12-13,15,18-24H2;1-9,13-16,20-23,27,33,36-37H,10-12,17-19,24-26,28H2. The number of rotatable bonds is 70. The molecule has 0 saturated heterocycles. The van der Waals surface area contributed by atoms with Crippen LogP contribution >= 0.6 is 0 Å². The van der Waals surface area contributed by atoms with Gasteiger partial charge in [0.1, 0.15) is 28.7 Å². The van der Waals surface area contributed by atoms with Crippen LogP contribution in [0.1, 0.15) is 230 Å². The summed E-state index contributed by atoms with van der Waals surface area (Å²) in [5.74, 6) is 2.06. The summed E-state index contributed by atoms with van der Waals surface area (Å²) < 4.78 is 24.8. The summed E-state index contributed by atoms with van der Waals surface area (Å²) in [5, 5.41) is 178. The van der Waals surface area contributed by atoms with Gasteiger partial charge in [0.15, 0.2) is 11.5 Å². The van der Waals surface area contributed by atoms with E-state index < -0.39 is 36.6 Å². The first-order chi connectivity index (χ1) is 67.8. The van der Waals surface area contributed by atoms with Crippen LogP contribution in [0.15, 0.2) is 231 Å². The van der Waals surface area contributed by atoms with Crippen molar-refractivity contribution >= 4 is 0 Å². The molecule has 0 fully saturated rings. The molecule has 0 heterocycles. The third-order valence-electron chi connectivity index (χ3n) is 24.7.